The Morgan fingerprint density at radius 2 is 1.53 bits per heavy atom. The van der Waals surface area contributed by atoms with E-state index in [1.54, 1.807) is 7.11 Å². The number of likely N-dealkylation sites (N-methyl/N-ethyl adjacent to an activating group) is 2. The molecule has 3 aromatic carbocycles. The van der Waals surface area contributed by atoms with Crippen molar-refractivity contribution in [1.29, 1.82) is 0 Å². The molecule has 0 aliphatic rings. The van der Waals surface area contributed by atoms with Crippen LogP contribution in [0.15, 0.2) is 78.9 Å². The van der Waals surface area contributed by atoms with Crippen LogP contribution in [0, 0.1) is 0 Å². The molecule has 0 heterocycles. The van der Waals surface area contributed by atoms with E-state index in [1.165, 1.54) is 5.56 Å². The SMILES string of the molecule is COc1cc(CN(C)[C@@H](CCc2ccccc2)CN(C)CC=O)ccc1OCc1ccccc1. The molecule has 5 nitrogen and oxygen atoms in total. The van der Waals surface area contributed by atoms with Crippen molar-refractivity contribution >= 4 is 6.29 Å². The van der Waals surface area contributed by atoms with Gasteiger partial charge in [-0.1, -0.05) is 66.7 Å². The van der Waals surface area contributed by atoms with Crippen LogP contribution in [0.25, 0.3) is 0 Å². The third-order valence-electron chi connectivity index (χ3n) is 6.04. The molecule has 0 aliphatic heterocycles. The van der Waals surface area contributed by atoms with E-state index in [0.29, 0.717) is 19.2 Å². The van der Waals surface area contributed by atoms with Gasteiger partial charge in [0.05, 0.1) is 13.7 Å². The lowest BCUT2D eigenvalue weighted by Crippen LogP contribution is -2.41. The van der Waals surface area contributed by atoms with Crippen LogP contribution in [0.4, 0.5) is 0 Å². The molecule has 3 rings (SSSR count). The van der Waals surface area contributed by atoms with E-state index in [2.05, 4.69) is 53.2 Å². The third-order valence-corrected chi connectivity index (χ3v) is 6.04. The van der Waals surface area contributed by atoms with E-state index in [9.17, 15) is 4.79 Å². The summed E-state index contributed by atoms with van der Waals surface area (Å²) in [6, 6.07) is 27.1. The van der Waals surface area contributed by atoms with Crippen molar-refractivity contribution in [3.8, 4) is 11.5 Å². The Kier molecular flexibility index (Phi) is 10.1. The molecular formula is C29H36N2O3. The van der Waals surface area contributed by atoms with Crippen molar-refractivity contribution in [1.82, 2.24) is 9.80 Å². The predicted octanol–water partition coefficient (Wildman–Crippen LogP) is 4.84. The number of rotatable bonds is 14. The average Bonchev–Trinajstić information content (AvgIpc) is 2.87. The summed E-state index contributed by atoms with van der Waals surface area (Å²) in [7, 11) is 5.83. The third kappa shape index (κ3) is 8.01. The van der Waals surface area contributed by atoms with E-state index in [0.717, 1.165) is 54.8 Å². The minimum atomic E-state index is 0.310. The van der Waals surface area contributed by atoms with Crippen LogP contribution in [-0.2, 0) is 24.4 Å². The molecule has 0 saturated heterocycles. The summed E-state index contributed by atoms with van der Waals surface area (Å²) < 4.78 is 11.6. The molecule has 0 aliphatic carbocycles. The average molecular weight is 461 g/mol. The fourth-order valence-corrected chi connectivity index (χ4v) is 4.07. The van der Waals surface area contributed by atoms with Gasteiger partial charge in [0.2, 0.25) is 0 Å². The summed E-state index contributed by atoms with van der Waals surface area (Å²) in [6.45, 7) is 2.55. The largest absolute Gasteiger partial charge is 0.493 e. The normalized spacial score (nSPS) is 12.0. The van der Waals surface area contributed by atoms with Crippen molar-refractivity contribution in [2.24, 2.45) is 0 Å². The van der Waals surface area contributed by atoms with Crippen molar-refractivity contribution in [3.05, 3.63) is 95.6 Å². The smallest absolute Gasteiger partial charge is 0.161 e. The molecule has 180 valence electrons. The fraction of sp³-hybridized carbons (Fsp3) is 0.345. The summed E-state index contributed by atoms with van der Waals surface area (Å²) in [6.07, 6.45) is 2.98. The molecule has 0 saturated carbocycles. The molecule has 0 bridgehead atoms. The van der Waals surface area contributed by atoms with Crippen LogP contribution < -0.4 is 9.47 Å². The lowest BCUT2D eigenvalue weighted by molar-refractivity contribution is -0.108. The van der Waals surface area contributed by atoms with Crippen LogP contribution in [0.3, 0.4) is 0 Å². The molecule has 34 heavy (non-hydrogen) atoms. The van der Waals surface area contributed by atoms with Crippen molar-refractivity contribution < 1.29 is 14.3 Å². The first-order valence-corrected chi connectivity index (χ1v) is 11.8. The number of carbonyl (C=O) groups excluding carboxylic acids is 1. The zero-order chi connectivity index (χ0) is 24.2. The summed E-state index contributed by atoms with van der Waals surface area (Å²) in [5.41, 5.74) is 3.61. The van der Waals surface area contributed by atoms with Crippen LogP contribution >= 0.6 is 0 Å². The number of hydrogen-bond donors (Lipinski definition) is 0. The second kappa shape index (κ2) is 13.5. The fourth-order valence-electron chi connectivity index (χ4n) is 4.07. The molecule has 0 fully saturated rings. The number of carbonyl (C=O) groups is 1. The lowest BCUT2D eigenvalue weighted by atomic mass is 10.0. The molecule has 0 amide bonds. The minimum Gasteiger partial charge on any atom is -0.493 e. The van der Waals surface area contributed by atoms with Crippen LogP contribution in [0.5, 0.6) is 11.5 Å². The first kappa shape index (κ1) is 25.5. The van der Waals surface area contributed by atoms with Crippen molar-refractivity contribution in [2.75, 3.05) is 34.3 Å². The van der Waals surface area contributed by atoms with E-state index in [-0.39, 0.29) is 0 Å². The number of benzene rings is 3. The van der Waals surface area contributed by atoms with Gasteiger partial charge >= 0.3 is 0 Å². The van der Waals surface area contributed by atoms with Crippen LogP contribution in [0.1, 0.15) is 23.1 Å². The minimum absolute atomic E-state index is 0.310. The molecule has 5 heteroatoms. The maximum Gasteiger partial charge on any atom is 0.161 e. The Labute approximate surface area is 203 Å². The van der Waals surface area contributed by atoms with Crippen molar-refractivity contribution in [3.63, 3.8) is 0 Å². The molecule has 0 unspecified atom stereocenters. The van der Waals surface area contributed by atoms with Gasteiger partial charge in [0, 0.05) is 19.1 Å². The van der Waals surface area contributed by atoms with Gasteiger partial charge in [-0.15, -0.1) is 0 Å². The summed E-state index contributed by atoms with van der Waals surface area (Å²) in [4.78, 5) is 15.5. The topological polar surface area (TPSA) is 42.0 Å². The number of ether oxygens (including phenoxy) is 2. The maximum atomic E-state index is 11.0. The second-order valence-electron chi connectivity index (χ2n) is 8.74. The molecule has 0 spiro atoms. The number of aldehydes is 1. The molecule has 0 aromatic heterocycles. The van der Waals surface area contributed by atoms with Gasteiger partial charge in [-0.2, -0.15) is 0 Å². The van der Waals surface area contributed by atoms with Gasteiger partial charge in [0.15, 0.2) is 11.5 Å². The monoisotopic (exact) mass is 460 g/mol. The quantitative estimate of drug-likeness (QED) is 0.322. The van der Waals surface area contributed by atoms with E-state index < -0.39 is 0 Å². The van der Waals surface area contributed by atoms with Gasteiger partial charge in [-0.05, 0) is 55.8 Å². The van der Waals surface area contributed by atoms with E-state index in [1.807, 2.05) is 49.5 Å². The molecule has 0 radical (unpaired) electrons. The number of methoxy groups -OCH3 is 1. The highest BCUT2D eigenvalue weighted by Gasteiger charge is 2.18. The lowest BCUT2D eigenvalue weighted by Gasteiger charge is -2.31. The highest BCUT2D eigenvalue weighted by atomic mass is 16.5. The summed E-state index contributed by atoms with van der Waals surface area (Å²) in [5, 5.41) is 0. The van der Waals surface area contributed by atoms with Gasteiger partial charge in [0.1, 0.15) is 12.9 Å². The van der Waals surface area contributed by atoms with Crippen molar-refractivity contribution in [2.45, 2.75) is 32.0 Å². The highest BCUT2D eigenvalue weighted by Crippen LogP contribution is 2.29. The van der Waals surface area contributed by atoms with Crippen LogP contribution in [0.2, 0.25) is 0 Å². The first-order valence-electron chi connectivity index (χ1n) is 11.8. The van der Waals surface area contributed by atoms with E-state index in [4.69, 9.17) is 9.47 Å². The molecular weight excluding hydrogens is 424 g/mol. The second-order valence-corrected chi connectivity index (χ2v) is 8.74. The Bertz CT molecular complexity index is 995. The number of nitrogens with zero attached hydrogens (tertiary/aromatic N) is 2. The molecule has 3 aromatic rings. The summed E-state index contributed by atoms with van der Waals surface area (Å²) >= 11 is 0. The first-order chi connectivity index (χ1) is 16.6. The Morgan fingerprint density at radius 3 is 2.18 bits per heavy atom. The summed E-state index contributed by atoms with van der Waals surface area (Å²) in [5.74, 6) is 1.48. The number of aryl methyl sites for hydroxylation is 1. The Hall–Kier alpha value is -3.15. The molecule has 1 atom stereocenters. The Balaban J connectivity index is 1.66. The zero-order valence-corrected chi connectivity index (χ0v) is 20.5. The molecule has 0 N–H and O–H groups in total. The zero-order valence-electron chi connectivity index (χ0n) is 20.5. The van der Waals surface area contributed by atoms with Crippen LogP contribution in [-0.4, -0.2) is 56.4 Å². The van der Waals surface area contributed by atoms with E-state index >= 15 is 0 Å². The highest BCUT2D eigenvalue weighted by molar-refractivity contribution is 5.51. The number of hydrogen-bond acceptors (Lipinski definition) is 5. The van der Waals surface area contributed by atoms with Gasteiger partial charge in [0.25, 0.3) is 0 Å². The van der Waals surface area contributed by atoms with Gasteiger partial charge < -0.3 is 14.3 Å². The Morgan fingerprint density at radius 1 is 0.853 bits per heavy atom. The van der Waals surface area contributed by atoms with Gasteiger partial charge in [-0.25, -0.2) is 0 Å². The standard InChI is InChI=1S/C29H36N2O3/c1-30(18-19-32)22-27(16-14-24-10-6-4-7-11-24)31(2)21-26-15-17-28(29(20-26)33-3)34-23-25-12-8-5-9-13-25/h4-13,15,17,19-20,27H,14,16,18,21-23H2,1-3H3/t27-/m0/s1. The maximum absolute atomic E-state index is 11.0. The predicted molar refractivity (Wildman–Crippen MR) is 137 cm³/mol. The van der Waals surface area contributed by atoms with Gasteiger partial charge in [-0.3, -0.25) is 9.80 Å².